The average molecular weight is 258 g/mol. The van der Waals surface area contributed by atoms with Gasteiger partial charge in [0.25, 0.3) is 0 Å². The second-order valence-corrected chi connectivity index (χ2v) is 7.32. The Hall–Kier alpha value is -0.550. The van der Waals surface area contributed by atoms with Crippen molar-refractivity contribution in [1.82, 2.24) is 10.1 Å². The highest BCUT2D eigenvalue weighted by Crippen LogP contribution is 2.26. The standard InChI is InChI=1S/C12H22N2O2S/c1-8(2)9(15)6-11-13-10(14-16-11)7-17-12(3,4)5/h8-9,15H,6-7H2,1-5H3. The molecule has 1 unspecified atom stereocenters. The van der Waals surface area contributed by atoms with Gasteiger partial charge >= 0.3 is 0 Å². The first-order valence-electron chi connectivity index (χ1n) is 5.91. The molecule has 1 N–H and O–H groups in total. The van der Waals surface area contributed by atoms with Crippen LogP contribution in [-0.2, 0) is 12.2 Å². The van der Waals surface area contributed by atoms with Crippen LogP contribution in [0.2, 0.25) is 0 Å². The van der Waals surface area contributed by atoms with E-state index in [2.05, 4.69) is 30.9 Å². The molecule has 0 aromatic carbocycles. The Morgan fingerprint density at radius 3 is 2.53 bits per heavy atom. The van der Waals surface area contributed by atoms with E-state index in [9.17, 15) is 5.11 Å². The van der Waals surface area contributed by atoms with Crippen molar-refractivity contribution >= 4 is 11.8 Å². The van der Waals surface area contributed by atoms with Gasteiger partial charge < -0.3 is 9.63 Å². The smallest absolute Gasteiger partial charge is 0.229 e. The highest BCUT2D eigenvalue weighted by molar-refractivity contribution is 7.99. The van der Waals surface area contributed by atoms with Gasteiger partial charge in [0.1, 0.15) is 0 Å². The number of nitrogens with zero attached hydrogens (tertiary/aromatic N) is 2. The van der Waals surface area contributed by atoms with Crippen molar-refractivity contribution in [3.63, 3.8) is 0 Å². The predicted molar refractivity (Wildman–Crippen MR) is 69.9 cm³/mol. The topological polar surface area (TPSA) is 59.2 Å². The Kier molecular flexibility index (Phi) is 5.01. The van der Waals surface area contributed by atoms with Gasteiger partial charge in [0.2, 0.25) is 5.89 Å². The van der Waals surface area contributed by atoms with E-state index in [1.165, 1.54) is 0 Å². The molecular weight excluding hydrogens is 236 g/mol. The van der Waals surface area contributed by atoms with Gasteiger partial charge in [-0.3, -0.25) is 0 Å². The van der Waals surface area contributed by atoms with E-state index < -0.39 is 6.10 Å². The summed E-state index contributed by atoms with van der Waals surface area (Å²) < 4.78 is 5.31. The van der Waals surface area contributed by atoms with Crippen molar-refractivity contribution in [2.45, 2.75) is 57.6 Å². The van der Waals surface area contributed by atoms with E-state index in [4.69, 9.17) is 4.52 Å². The van der Waals surface area contributed by atoms with Crippen LogP contribution in [0.4, 0.5) is 0 Å². The van der Waals surface area contributed by atoms with Crippen molar-refractivity contribution in [2.75, 3.05) is 0 Å². The van der Waals surface area contributed by atoms with Crippen molar-refractivity contribution < 1.29 is 9.63 Å². The minimum atomic E-state index is -0.418. The first kappa shape index (κ1) is 14.5. The Bertz CT molecular complexity index is 345. The van der Waals surface area contributed by atoms with Crippen molar-refractivity contribution in [3.8, 4) is 0 Å². The van der Waals surface area contributed by atoms with E-state index in [-0.39, 0.29) is 10.7 Å². The number of aromatic nitrogens is 2. The SMILES string of the molecule is CC(C)C(O)Cc1nc(CSC(C)(C)C)no1. The molecule has 4 nitrogen and oxygen atoms in total. The molecule has 17 heavy (non-hydrogen) atoms. The average Bonchev–Trinajstić information content (AvgIpc) is 2.61. The fourth-order valence-electron chi connectivity index (χ4n) is 1.13. The molecule has 0 saturated heterocycles. The Morgan fingerprint density at radius 1 is 1.35 bits per heavy atom. The molecule has 1 aromatic heterocycles. The molecule has 0 amide bonds. The number of rotatable bonds is 5. The number of hydrogen-bond acceptors (Lipinski definition) is 5. The number of aliphatic hydroxyl groups is 1. The molecule has 0 fully saturated rings. The lowest BCUT2D eigenvalue weighted by molar-refractivity contribution is 0.116. The zero-order valence-corrected chi connectivity index (χ0v) is 12.0. The summed E-state index contributed by atoms with van der Waals surface area (Å²) in [4.78, 5) is 4.28. The Balaban J connectivity index is 2.48. The van der Waals surface area contributed by atoms with E-state index >= 15 is 0 Å². The normalized spacial score (nSPS) is 14.3. The Labute approximate surface area is 107 Å². The molecule has 0 saturated carbocycles. The zero-order valence-electron chi connectivity index (χ0n) is 11.2. The van der Waals surface area contributed by atoms with Crippen LogP contribution in [0.5, 0.6) is 0 Å². The number of hydrogen-bond donors (Lipinski definition) is 1. The summed E-state index contributed by atoms with van der Waals surface area (Å²) in [5.41, 5.74) is 0. The summed E-state index contributed by atoms with van der Waals surface area (Å²) >= 11 is 1.78. The molecule has 0 aliphatic carbocycles. The summed E-state index contributed by atoms with van der Waals surface area (Å²) in [5, 5.41) is 13.6. The maximum absolute atomic E-state index is 9.72. The van der Waals surface area contributed by atoms with Gasteiger partial charge in [-0.15, -0.1) is 11.8 Å². The van der Waals surface area contributed by atoms with Crippen molar-refractivity contribution in [2.24, 2.45) is 5.92 Å². The molecule has 1 rings (SSSR count). The monoisotopic (exact) mass is 258 g/mol. The molecular formula is C12H22N2O2S. The van der Waals surface area contributed by atoms with Crippen LogP contribution in [0.15, 0.2) is 4.52 Å². The van der Waals surface area contributed by atoms with Crippen LogP contribution in [0.25, 0.3) is 0 Å². The van der Waals surface area contributed by atoms with Crippen LogP contribution in [-0.4, -0.2) is 26.1 Å². The molecule has 1 aromatic rings. The van der Waals surface area contributed by atoms with Crippen molar-refractivity contribution in [1.29, 1.82) is 0 Å². The molecule has 98 valence electrons. The van der Waals surface area contributed by atoms with Crippen LogP contribution in [0.3, 0.4) is 0 Å². The van der Waals surface area contributed by atoms with Gasteiger partial charge in [-0.1, -0.05) is 39.8 Å². The maximum Gasteiger partial charge on any atom is 0.229 e. The third-order valence-electron chi connectivity index (χ3n) is 2.30. The van der Waals surface area contributed by atoms with Gasteiger partial charge in [-0.25, -0.2) is 0 Å². The second kappa shape index (κ2) is 5.87. The predicted octanol–water partition coefficient (Wildman–Crippen LogP) is 2.66. The van der Waals surface area contributed by atoms with Crippen LogP contribution in [0.1, 0.15) is 46.3 Å². The van der Waals surface area contributed by atoms with E-state index in [1.54, 1.807) is 11.8 Å². The zero-order chi connectivity index (χ0) is 13.1. The molecule has 1 atom stereocenters. The largest absolute Gasteiger partial charge is 0.392 e. The summed E-state index contributed by atoms with van der Waals surface area (Å²) in [5.74, 6) is 2.17. The summed E-state index contributed by atoms with van der Waals surface area (Å²) in [6.07, 6.45) is 0.0174. The van der Waals surface area contributed by atoms with Crippen LogP contribution >= 0.6 is 11.8 Å². The minimum Gasteiger partial charge on any atom is -0.392 e. The number of aliphatic hydroxyl groups excluding tert-OH is 1. The van der Waals surface area contributed by atoms with Gasteiger partial charge in [0.05, 0.1) is 18.3 Å². The first-order chi connectivity index (χ1) is 7.78. The van der Waals surface area contributed by atoms with E-state index in [0.717, 1.165) is 5.75 Å². The highest BCUT2D eigenvalue weighted by Gasteiger charge is 2.17. The second-order valence-electron chi connectivity index (χ2n) is 5.52. The molecule has 0 bridgehead atoms. The highest BCUT2D eigenvalue weighted by atomic mass is 32.2. The summed E-state index contributed by atoms with van der Waals surface area (Å²) in [6, 6.07) is 0. The fourth-order valence-corrected chi connectivity index (χ4v) is 1.81. The van der Waals surface area contributed by atoms with Crippen LogP contribution < -0.4 is 0 Å². The van der Waals surface area contributed by atoms with E-state index in [1.807, 2.05) is 13.8 Å². The lowest BCUT2D eigenvalue weighted by Crippen LogP contribution is -2.17. The van der Waals surface area contributed by atoms with Crippen molar-refractivity contribution in [3.05, 3.63) is 11.7 Å². The van der Waals surface area contributed by atoms with Gasteiger partial charge in [-0.05, 0) is 5.92 Å². The minimum absolute atomic E-state index is 0.193. The summed E-state index contributed by atoms with van der Waals surface area (Å²) in [7, 11) is 0. The lowest BCUT2D eigenvalue weighted by Gasteiger charge is -2.15. The molecule has 0 aliphatic heterocycles. The molecule has 0 spiro atoms. The summed E-state index contributed by atoms with van der Waals surface area (Å²) in [6.45, 7) is 10.4. The van der Waals surface area contributed by atoms with Gasteiger partial charge in [-0.2, -0.15) is 4.98 Å². The number of thioether (sulfide) groups is 1. The molecule has 0 aliphatic rings. The molecule has 1 heterocycles. The van der Waals surface area contributed by atoms with E-state index in [0.29, 0.717) is 18.1 Å². The quantitative estimate of drug-likeness (QED) is 0.880. The van der Waals surface area contributed by atoms with Gasteiger partial charge in [0, 0.05) is 4.75 Å². The molecule has 0 radical (unpaired) electrons. The Morgan fingerprint density at radius 2 is 2.00 bits per heavy atom. The molecule has 5 heteroatoms. The third-order valence-corrected chi connectivity index (χ3v) is 3.57. The van der Waals surface area contributed by atoms with Crippen LogP contribution in [0, 0.1) is 5.92 Å². The first-order valence-corrected chi connectivity index (χ1v) is 6.90. The maximum atomic E-state index is 9.72. The third kappa shape index (κ3) is 5.55. The fraction of sp³-hybridized carbons (Fsp3) is 0.833. The lowest BCUT2D eigenvalue weighted by atomic mass is 10.0. The van der Waals surface area contributed by atoms with Gasteiger partial charge in [0.15, 0.2) is 5.82 Å².